The first-order valence-electron chi connectivity index (χ1n) is 10.0. The summed E-state index contributed by atoms with van der Waals surface area (Å²) in [5.74, 6) is -0.311. The minimum Gasteiger partial charge on any atom is -0.312 e. The molecule has 0 unspecified atom stereocenters. The molecule has 0 bridgehead atoms. The van der Waals surface area contributed by atoms with Crippen LogP contribution in [0.25, 0.3) is 16.7 Å². The third kappa shape index (κ3) is 3.97. The van der Waals surface area contributed by atoms with E-state index >= 15 is 0 Å². The van der Waals surface area contributed by atoms with E-state index in [0.717, 1.165) is 18.1 Å². The van der Waals surface area contributed by atoms with E-state index in [4.69, 9.17) is 0 Å². The van der Waals surface area contributed by atoms with Crippen LogP contribution in [0.2, 0.25) is 0 Å². The van der Waals surface area contributed by atoms with Gasteiger partial charge in [-0.05, 0) is 43.9 Å². The number of allylic oxidation sites excluding steroid dienone is 4. The van der Waals surface area contributed by atoms with Crippen LogP contribution in [-0.2, 0) is 22.3 Å². The van der Waals surface area contributed by atoms with Gasteiger partial charge in [0.2, 0.25) is 0 Å². The molecular weight excluding hydrogens is 441 g/mol. The van der Waals surface area contributed by atoms with Crippen LogP contribution in [0.3, 0.4) is 0 Å². The molecule has 2 heterocycles. The highest BCUT2D eigenvalue weighted by atomic mass is 32.2. The van der Waals surface area contributed by atoms with Crippen LogP contribution in [0.4, 0.5) is 13.2 Å². The minimum absolute atomic E-state index is 0.0881. The first-order valence-corrected chi connectivity index (χ1v) is 11.7. The van der Waals surface area contributed by atoms with Crippen LogP contribution >= 0.6 is 0 Å². The second-order valence-electron chi connectivity index (χ2n) is 7.74. The van der Waals surface area contributed by atoms with Gasteiger partial charge in [-0.1, -0.05) is 19.6 Å². The van der Waals surface area contributed by atoms with Crippen molar-refractivity contribution >= 4 is 26.6 Å². The van der Waals surface area contributed by atoms with Crippen molar-refractivity contribution in [2.24, 2.45) is 7.05 Å². The molecule has 0 aromatic carbocycles. The molecule has 2 aromatic rings. The number of nitriles is 1. The second-order valence-corrected chi connectivity index (χ2v) is 9.99. The fraction of sp³-hybridized carbons (Fsp3) is 0.409. The lowest BCUT2D eigenvalue weighted by molar-refractivity contribution is -0.0883. The molecule has 0 saturated heterocycles. The Bertz CT molecular complexity index is 1290. The van der Waals surface area contributed by atoms with Crippen LogP contribution in [-0.4, -0.2) is 34.9 Å². The first-order chi connectivity index (χ1) is 14.9. The summed E-state index contributed by atoms with van der Waals surface area (Å²) in [7, 11) is -2.47. The highest BCUT2D eigenvalue weighted by Crippen LogP contribution is 2.43. The molecule has 0 N–H and O–H groups in total. The number of aryl methyl sites for hydroxylation is 1. The third-order valence-corrected chi connectivity index (χ3v) is 7.68. The van der Waals surface area contributed by atoms with Gasteiger partial charge in [0.25, 0.3) is 0 Å². The van der Waals surface area contributed by atoms with Crippen LogP contribution < -0.4 is 0 Å². The molecule has 1 aliphatic rings. The lowest BCUT2D eigenvalue weighted by Crippen LogP contribution is -2.32. The highest BCUT2D eigenvalue weighted by Gasteiger charge is 2.40. The van der Waals surface area contributed by atoms with E-state index in [9.17, 15) is 26.9 Å². The zero-order chi connectivity index (χ0) is 23.9. The summed E-state index contributed by atoms with van der Waals surface area (Å²) >= 11 is 0. The number of hydrogen-bond donors (Lipinski definition) is 0. The molecule has 0 aliphatic heterocycles. The number of pyridine rings is 1. The standard InChI is InChI=1S/C22H23F3N4O2S/c1-5-15(22(23,24)25)11-18(32(30,31)6-2)14(3)19-28-17-10-16(12-27-20(17)29(19)4)21(13-26)8-7-9-21/h5,10-12H,3,6-9H2,1-2,4H3/b15-5+,18-11+. The maximum Gasteiger partial charge on any atom is 0.416 e. The molecule has 6 nitrogen and oxygen atoms in total. The monoisotopic (exact) mass is 464 g/mol. The van der Waals surface area contributed by atoms with Crippen LogP contribution in [0.1, 0.15) is 44.5 Å². The van der Waals surface area contributed by atoms with Crippen molar-refractivity contribution in [1.29, 1.82) is 5.26 Å². The number of nitrogens with zero attached hydrogens (tertiary/aromatic N) is 4. The van der Waals surface area contributed by atoms with Crippen molar-refractivity contribution < 1.29 is 21.6 Å². The van der Waals surface area contributed by atoms with E-state index in [1.54, 1.807) is 19.3 Å². The van der Waals surface area contributed by atoms with Gasteiger partial charge in [0, 0.05) is 18.8 Å². The molecule has 0 amide bonds. The molecule has 1 aliphatic carbocycles. The Balaban J connectivity index is 2.16. The molecule has 3 rings (SSSR count). The predicted octanol–water partition coefficient (Wildman–Crippen LogP) is 4.75. The Labute approximate surface area is 184 Å². The zero-order valence-corrected chi connectivity index (χ0v) is 18.8. The minimum atomic E-state index is -4.72. The lowest BCUT2D eigenvalue weighted by Gasteiger charge is -2.35. The van der Waals surface area contributed by atoms with Crippen molar-refractivity contribution in [1.82, 2.24) is 14.5 Å². The highest BCUT2D eigenvalue weighted by molar-refractivity contribution is 7.95. The van der Waals surface area contributed by atoms with Gasteiger partial charge in [-0.2, -0.15) is 18.4 Å². The molecule has 0 spiro atoms. The average molecular weight is 465 g/mol. The number of halogens is 3. The zero-order valence-electron chi connectivity index (χ0n) is 18.0. The van der Waals surface area contributed by atoms with Crippen molar-refractivity contribution in [3.63, 3.8) is 0 Å². The lowest BCUT2D eigenvalue weighted by atomic mass is 9.66. The maximum atomic E-state index is 13.3. The van der Waals surface area contributed by atoms with Crippen LogP contribution in [0.15, 0.2) is 41.5 Å². The molecule has 2 aromatic heterocycles. The fourth-order valence-electron chi connectivity index (χ4n) is 3.70. The molecule has 32 heavy (non-hydrogen) atoms. The Morgan fingerprint density at radius 1 is 1.41 bits per heavy atom. The Morgan fingerprint density at radius 3 is 2.53 bits per heavy atom. The maximum absolute atomic E-state index is 13.3. The van der Waals surface area contributed by atoms with Crippen molar-refractivity contribution in [3.05, 3.63) is 52.9 Å². The van der Waals surface area contributed by atoms with Crippen LogP contribution in [0.5, 0.6) is 0 Å². The number of aromatic nitrogens is 3. The Kier molecular flexibility index (Phi) is 6.08. The van der Waals surface area contributed by atoms with Gasteiger partial charge in [-0.3, -0.25) is 0 Å². The molecule has 1 fully saturated rings. The Hall–Kier alpha value is -2.93. The molecule has 1 saturated carbocycles. The van der Waals surface area contributed by atoms with E-state index < -0.39 is 37.7 Å². The summed E-state index contributed by atoms with van der Waals surface area (Å²) in [6.07, 6.45) is 0.647. The number of sulfone groups is 1. The number of rotatable bonds is 6. The number of imidazole rings is 1. The number of fused-ring (bicyclic) bond motifs is 1. The van der Waals surface area contributed by atoms with Crippen molar-refractivity contribution in [2.75, 3.05) is 5.75 Å². The van der Waals surface area contributed by atoms with Gasteiger partial charge in [-0.15, -0.1) is 0 Å². The largest absolute Gasteiger partial charge is 0.416 e. The molecule has 10 heteroatoms. The van der Waals surface area contributed by atoms with E-state index in [0.29, 0.717) is 30.1 Å². The normalized spacial score (nSPS) is 17.2. The summed E-state index contributed by atoms with van der Waals surface area (Å²) in [6, 6.07) is 4.06. The van der Waals surface area contributed by atoms with Crippen molar-refractivity contribution in [3.8, 4) is 6.07 Å². The van der Waals surface area contributed by atoms with Gasteiger partial charge in [-0.25, -0.2) is 18.4 Å². The van der Waals surface area contributed by atoms with Gasteiger partial charge in [0.05, 0.1) is 27.7 Å². The summed E-state index contributed by atoms with van der Waals surface area (Å²) in [5, 5.41) is 9.58. The fourth-order valence-corrected chi connectivity index (χ4v) is 4.79. The predicted molar refractivity (Wildman–Crippen MR) is 116 cm³/mol. The number of hydrogen-bond acceptors (Lipinski definition) is 5. The summed E-state index contributed by atoms with van der Waals surface area (Å²) in [6.45, 7) is 6.31. The SMILES string of the molecule is C=C(/C(=C\C(=C/C)C(F)(F)F)S(=O)(=O)CC)c1nc2cc(C3(C#N)CCC3)cnc2n1C. The average Bonchev–Trinajstić information content (AvgIpc) is 3.03. The first kappa shape index (κ1) is 23.7. The van der Waals surface area contributed by atoms with Crippen molar-refractivity contribution in [2.45, 2.75) is 44.7 Å². The number of alkyl halides is 3. The molecule has 0 radical (unpaired) electrons. The van der Waals surface area contributed by atoms with E-state index in [2.05, 4.69) is 22.6 Å². The smallest absolute Gasteiger partial charge is 0.312 e. The summed E-state index contributed by atoms with van der Waals surface area (Å²) in [4.78, 5) is 8.27. The quantitative estimate of drug-likeness (QED) is 0.576. The third-order valence-electron chi connectivity index (χ3n) is 5.89. The summed E-state index contributed by atoms with van der Waals surface area (Å²) < 4.78 is 66.8. The van der Waals surface area contributed by atoms with Gasteiger partial charge in [0.1, 0.15) is 11.3 Å². The molecular formula is C22H23F3N4O2S. The van der Waals surface area contributed by atoms with Gasteiger partial charge in [0.15, 0.2) is 15.5 Å². The van der Waals surface area contributed by atoms with E-state index in [-0.39, 0.29) is 11.4 Å². The van der Waals surface area contributed by atoms with E-state index in [1.807, 2.05) is 0 Å². The molecule has 170 valence electrons. The van der Waals surface area contributed by atoms with Gasteiger partial charge < -0.3 is 4.57 Å². The Morgan fingerprint density at radius 2 is 2.06 bits per heavy atom. The topological polar surface area (TPSA) is 88.6 Å². The van der Waals surface area contributed by atoms with Gasteiger partial charge >= 0.3 is 6.18 Å². The molecule has 0 atom stereocenters. The second kappa shape index (κ2) is 8.20. The van der Waals surface area contributed by atoms with Crippen LogP contribution in [0, 0.1) is 11.3 Å². The van der Waals surface area contributed by atoms with E-state index in [1.165, 1.54) is 18.4 Å². The summed E-state index contributed by atoms with van der Waals surface area (Å²) in [5.41, 5.74) is -0.313.